The molecule has 1 unspecified atom stereocenters. The van der Waals surface area contributed by atoms with Crippen molar-refractivity contribution >= 4 is 17.0 Å². The molecule has 108 valence electrons. The van der Waals surface area contributed by atoms with Crippen LogP contribution in [0.25, 0.3) is 0 Å². The van der Waals surface area contributed by atoms with Gasteiger partial charge in [-0.3, -0.25) is 0 Å². The zero-order chi connectivity index (χ0) is 14.5. The number of benzene rings is 1. The fraction of sp³-hybridized carbons (Fsp3) is 0.375. The third kappa shape index (κ3) is 3.81. The van der Waals surface area contributed by atoms with E-state index in [1.165, 1.54) is 10.9 Å². The molecule has 0 fully saturated rings. The monoisotopic (exact) mass is 292 g/mol. The average molecular weight is 292 g/mol. The normalized spacial score (nSPS) is 12.4. The van der Waals surface area contributed by atoms with Crippen molar-refractivity contribution in [2.24, 2.45) is 5.73 Å². The first-order chi connectivity index (χ1) is 9.58. The molecular formula is C16H21FN2S. The van der Waals surface area contributed by atoms with E-state index >= 15 is 0 Å². The first-order valence-corrected chi connectivity index (χ1v) is 7.72. The number of hydrogen-bond donors (Lipinski definition) is 1. The second-order valence-electron chi connectivity index (χ2n) is 5.18. The number of nitrogens with two attached hydrogens (primary N) is 1. The van der Waals surface area contributed by atoms with Crippen LogP contribution in [0.3, 0.4) is 0 Å². The van der Waals surface area contributed by atoms with E-state index in [0.717, 1.165) is 18.5 Å². The molecule has 1 heterocycles. The van der Waals surface area contributed by atoms with Gasteiger partial charge in [-0.05, 0) is 42.8 Å². The van der Waals surface area contributed by atoms with E-state index in [-0.39, 0.29) is 11.9 Å². The Balaban J connectivity index is 2.13. The highest BCUT2D eigenvalue weighted by Crippen LogP contribution is 2.25. The summed E-state index contributed by atoms with van der Waals surface area (Å²) >= 11 is 1.74. The molecule has 0 saturated heterocycles. The number of para-hydroxylation sites is 1. The molecule has 2 aromatic rings. The second-order valence-corrected chi connectivity index (χ2v) is 6.21. The molecule has 0 saturated carbocycles. The van der Waals surface area contributed by atoms with E-state index < -0.39 is 0 Å². The highest BCUT2D eigenvalue weighted by molar-refractivity contribution is 7.09. The summed E-state index contributed by atoms with van der Waals surface area (Å²) in [5.41, 5.74) is 7.52. The Morgan fingerprint density at radius 2 is 2.10 bits per heavy atom. The lowest BCUT2D eigenvalue weighted by Crippen LogP contribution is -2.25. The van der Waals surface area contributed by atoms with Gasteiger partial charge in [-0.15, -0.1) is 11.3 Å². The molecule has 0 aliphatic heterocycles. The van der Waals surface area contributed by atoms with Crippen molar-refractivity contribution in [2.45, 2.75) is 25.8 Å². The van der Waals surface area contributed by atoms with Gasteiger partial charge in [0.05, 0.1) is 5.69 Å². The number of anilines is 1. The highest BCUT2D eigenvalue weighted by atomic mass is 32.1. The van der Waals surface area contributed by atoms with E-state index in [1.807, 2.05) is 31.0 Å². The lowest BCUT2D eigenvalue weighted by Gasteiger charge is -2.23. The molecule has 2 N–H and O–H groups in total. The van der Waals surface area contributed by atoms with Gasteiger partial charge in [0.1, 0.15) is 5.82 Å². The molecule has 2 rings (SSSR count). The summed E-state index contributed by atoms with van der Waals surface area (Å²) in [6.07, 6.45) is 1.62. The minimum atomic E-state index is -0.170. The molecule has 4 heteroatoms. The molecule has 20 heavy (non-hydrogen) atoms. The van der Waals surface area contributed by atoms with Gasteiger partial charge in [0, 0.05) is 24.5 Å². The fourth-order valence-corrected chi connectivity index (χ4v) is 3.04. The van der Waals surface area contributed by atoms with Crippen molar-refractivity contribution < 1.29 is 4.39 Å². The maximum absolute atomic E-state index is 14.1. The van der Waals surface area contributed by atoms with Crippen molar-refractivity contribution in [2.75, 3.05) is 18.5 Å². The van der Waals surface area contributed by atoms with Crippen molar-refractivity contribution in [3.63, 3.8) is 0 Å². The van der Waals surface area contributed by atoms with Crippen LogP contribution in [0.5, 0.6) is 0 Å². The minimum absolute atomic E-state index is 0.0289. The summed E-state index contributed by atoms with van der Waals surface area (Å²) < 4.78 is 14.1. The predicted molar refractivity (Wildman–Crippen MR) is 85.0 cm³/mol. The maximum Gasteiger partial charge on any atom is 0.146 e. The van der Waals surface area contributed by atoms with Crippen LogP contribution in [0, 0.1) is 5.82 Å². The third-order valence-corrected chi connectivity index (χ3v) is 4.20. The zero-order valence-corrected chi connectivity index (χ0v) is 12.8. The van der Waals surface area contributed by atoms with Gasteiger partial charge in [-0.2, -0.15) is 0 Å². The molecule has 0 spiro atoms. The standard InChI is InChI=1S/C16H21FN2S/c1-12(18)11-13-5-3-7-15(17)16(13)19(2)9-8-14-6-4-10-20-14/h3-7,10,12H,8-9,11,18H2,1-2H3. The Kier molecular flexibility index (Phi) is 5.15. The second kappa shape index (κ2) is 6.86. The molecule has 0 bridgehead atoms. The Hall–Kier alpha value is -1.39. The highest BCUT2D eigenvalue weighted by Gasteiger charge is 2.14. The molecule has 0 aliphatic rings. The average Bonchev–Trinajstić information content (AvgIpc) is 2.88. The van der Waals surface area contributed by atoms with Gasteiger partial charge in [-0.25, -0.2) is 4.39 Å². The van der Waals surface area contributed by atoms with E-state index in [4.69, 9.17) is 5.73 Å². The molecular weight excluding hydrogens is 271 g/mol. The number of nitrogens with zero attached hydrogens (tertiary/aromatic N) is 1. The number of likely N-dealkylation sites (N-methyl/N-ethyl adjacent to an activating group) is 1. The maximum atomic E-state index is 14.1. The van der Waals surface area contributed by atoms with Crippen LogP contribution in [0.15, 0.2) is 35.7 Å². The van der Waals surface area contributed by atoms with Crippen LogP contribution in [-0.2, 0) is 12.8 Å². The van der Waals surface area contributed by atoms with E-state index in [9.17, 15) is 4.39 Å². The summed E-state index contributed by atoms with van der Waals surface area (Å²) in [6, 6.07) is 9.42. The summed E-state index contributed by atoms with van der Waals surface area (Å²) in [5.74, 6) is -0.170. The fourth-order valence-electron chi connectivity index (χ4n) is 2.34. The lowest BCUT2D eigenvalue weighted by molar-refractivity contribution is 0.616. The summed E-state index contributed by atoms with van der Waals surface area (Å²) in [4.78, 5) is 3.31. The van der Waals surface area contributed by atoms with E-state index in [1.54, 1.807) is 17.4 Å². The van der Waals surface area contributed by atoms with Crippen LogP contribution >= 0.6 is 11.3 Å². The first-order valence-electron chi connectivity index (χ1n) is 6.84. The van der Waals surface area contributed by atoms with Gasteiger partial charge in [0.15, 0.2) is 0 Å². The van der Waals surface area contributed by atoms with Crippen LogP contribution in [-0.4, -0.2) is 19.6 Å². The predicted octanol–water partition coefficient (Wildman–Crippen LogP) is 3.46. The van der Waals surface area contributed by atoms with Crippen LogP contribution < -0.4 is 10.6 Å². The number of rotatable bonds is 6. The molecule has 1 aromatic carbocycles. The molecule has 1 atom stereocenters. The summed E-state index contributed by atoms with van der Waals surface area (Å²) in [7, 11) is 1.94. The SMILES string of the molecule is CC(N)Cc1cccc(F)c1N(C)CCc1cccs1. The Bertz CT molecular complexity index is 537. The third-order valence-electron chi connectivity index (χ3n) is 3.27. The largest absolute Gasteiger partial charge is 0.372 e. The van der Waals surface area contributed by atoms with Crippen LogP contribution in [0.2, 0.25) is 0 Å². The topological polar surface area (TPSA) is 29.3 Å². The summed E-state index contributed by atoms with van der Waals surface area (Å²) in [5, 5.41) is 2.07. The van der Waals surface area contributed by atoms with Gasteiger partial charge in [-0.1, -0.05) is 18.2 Å². The Morgan fingerprint density at radius 1 is 1.30 bits per heavy atom. The van der Waals surface area contributed by atoms with Gasteiger partial charge in [0.2, 0.25) is 0 Å². The minimum Gasteiger partial charge on any atom is -0.372 e. The smallest absolute Gasteiger partial charge is 0.146 e. The number of halogens is 1. The van der Waals surface area contributed by atoms with Crippen molar-refractivity contribution in [3.05, 3.63) is 52.0 Å². The summed E-state index contributed by atoms with van der Waals surface area (Å²) in [6.45, 7) is 2.74. The molecule has 0 aliphatic carbocycles. The van der Waals surface area contributed by atoms with Gasteiger partial charge < -0.3 is 10.6 Å². The van der Waals surface area contributed by atoms with Crippen molar-refractivity contribution in [1.82, 2.24) is 0 Å². The zero-order valence-electron chi connectivity index (χ0n) is 12.0. The molecule has 1 aromatic heterocycles. The van der Waals surface area contributed by atoms with Crippen molar-refractivity contribution in [1.29, 1.82) is 0 Å². The Morgan fingerprint density at radius 3 is 2.75 bits per heavy atom. The lowest BCUT2D eigenvalue weighted by atomic mass is 10.0. The molecule has 0 radical (unpaired) electrons. The van der Waals surface area contributed by atoms with E-state index in [0.29, 0.717) is 12.1 Å². The number of hydrogen-bond acceptors (Lipinski definition) is 3. The quantitative estimate of drug-likeness (QED) is 0.883. The number of thiophene rings is 1. The first kappa shape index (κ1) is 15.0. The van der Waals surface area contributed by atoms with Crippen LogP contribution in [0.1, 0.15) is 17.4 Å². The van der Waals surface area contributed by atoms with E-state index in [2.05, 4.69) is 11.4 Å². The molecule has 2 nitrogen and oxygen atoms in total. The van der Waals surface area contributed by atoms with Gasteiger partial charge >= 0.3 is 0 Å². The molecule has 0 amide bonds. The van der Waals surface area contributed by atoms with Crippen LogP contribution in [0.4, 0.5) is 10.1 Å². The Labute approximate surface area is 124 Å². The van der Waals surface area contributed by atoms with Gasteiger partial charge in [0.25, 0.3) is 0 Å². The van der Waals surface area contributed by atoms with Crippen molar-refractivity contribution in [3.8, 4) is 0 Å².